The van der Waals surface area contributed by atoms with Crippen LogP contribution in [-0.4, -0.2) is 60.1 Å². The van der Waals surface area contributed by atoms with Crippen LogP contribution in [0.15, 0.2) is 18.2 Å². The Hall–Kier alpha value is -2.28. The highest BCUT2D eigenvalue weighted by molar-refractivity contribution is 6.05. The van der Waals surface area contributed by atoms with Crippen LogP contribution < -0.4 is 14.8 Å². The first-order valence-corrected chi connectivity index (χ1v) is 8.90. The van der Waals surface area contributed by atoms with Gasteiger partial charge in [0.15, 0.2) is 11.5 Å². The third-order valence-electron chi connectivity index (χ3n) is 5.25. The molecule has 2 fully saturated rings. The summed E-state index contributed by atoms with van der Waals surface area (Å²) >= 11 is 0. The number of benzene rings is 1. The highest BCUT2D eigenvalue weighted by Gasteiger charge is 2.41. The predicted molar refractivity (Wildman–Crippen MR) is 91.6 cm³/mol. The molecule has 3 heterocycles. The Labute approximate surface area is 146 Å². The van der Waals surface area contributed by atoms with Crippen LogP contribution in [0.1, 0.15) is 26.2 Å². The highest BCUT2D eigenvalue weighted by Crippen LogP contribution is 2.35. The maximum absolute atomic E-state index is 12.3. The van der Waals surface area contributed by atoms with E-state index in [-0.39, 0.29) is 24.6 Å². The SMILES string of the molecule is CCN1C(=O)CC(N2CCC(Nc3ccc4c(c3)OCO4)CC2)C1=O. The molecular weight excluding hydrogens is 322 g/mol. The summed E-state index contributed by atoms with van der Waals surface area (Å²) in [7, 11) is 0. The van der Waals surface area contributed by atoms with E-state index in [1.54, 1.807) is 0 Å². The average Bonchev–Trinajstić information content (AvgIpc) is 3.19. The molecule has 0 spiro atoms. The van der Waals surface area contributed by atoms with Crippen molar-refractivity contribution in [3.63, 3.8) is 0 Å². The maximum atomic E-state index is 12.3. The maximum Gasteiger partial charge on any atom is 0.247 e. The van der Waals surface area contributed by atoms with Gasteiger partial charge in [-0.25, -0.2) is 0 Å². The second-order valence-corrected chi connectivity index (χ2v) is 6.72. The molecule has 1 aromatic carbocycles. The Kier molecular flexibility index (Phi) is 4.25. The number of likely N-dealkylation sites (N-methyl/N-ethyl adjacent to an activating group) is 1. The highest BCUT2D eigenvalue weighted by atomic mass is 16.7. The Morgan fingerprint density at radius 3 is 2.64 bits per heavy atom. The lowest BCUT2D eigenvalue weighted by Crippen LogP contribution is -2.47. The van der Waals surface area contributed by atoms with E-state index < -0.39 is 0 Å². The number of amides is 2. The van der Waals surface area contributed by atoms with Gasteiger partial charge in [-0.1, -0.05) is 0 Å². The Balaban J connectivity index is 1.33. The lowest BCUT2D eigenvalue weighted by molar-refractivity contribution is -0.139. The van der Waals surface area contributed by atoms with Gasteiger partial charge in [0.1, 0.15) is 0 Å². The molecule has 2 saturated heterocycles. The van der Waals surface area contributed by atoms with Crippen molar-refractivity contribution in [2.75, 3.05) is 31.7 Å². The fourth-order valence-electron chi connectivity index (χ4n) is 3.86. The van der Waals surface area contributed by atoms with E-state index in [1.807, 2.05) is 25.1 Å². The second-order valence-electron chi connectivity index (χ2n) is 6.72. The number of hydrogen-bond donors (Lipinski definition) is 1. The number of carbonyl (C=O) groups is 2. The molecule has 25 heavy (non-hydrogen) atoms. The molecule has 3 aliphatic heterocycles. The van der Waals surface area contributed by atoms with Crippen LogP contribution in [0.3, 0.4) is 0 Å². The van der Waals surface area contributed by atoms with Crippen LogP contribution >= 0.6 is 0 Å². The van der Waals surface area contributed by atoms with Crippen molar-refractivity contribution in [2.24, 2.45) is 0 Å². The molecule has 0 aromatic heterocycles. The monoisotopic (exact) mass is 345 g/mol. The summed E-state index contributed by atoms with van der Waals surface area (Å²) in [4.78, 5) is 27.8. The van der Waals surface area contributed by atoms with Crippen LogP contribution in [-0.2, 0) is 9.59 Å². The fraction of sp³-hybridized carbons (Fsp3) is 0.556. The number of piperidine rings is 1. The number of rotatable bonds is 4. The van der Waals surface area contributed by atoms with E-state index in [4.69, 9.17) is 9.47 Å². The van der Waals surface area contributed by atoms with Crippen molar-refractivity contribution in [1.82, 2.24) is 9.80 Å². The van der Waals surface area contributed by atoms with Crippen LogP contribution in [0.2, 0.25) is 0 Å². The Bertz CT molecular complexity index is 685. The van der Waals surface area contributed by atoms with E-state index in [0.717, 1.165) is 43.1 Å². The molecule has 0 saturated carbocycles. The van der Waals surface area contributed by atoms with Crippen molar-refractivity contribution < 1.29 is 19.1 Å². The van der Waals surface area contributed by atoms with Crippen molar-refractivity contribution in [1.29, 1.82) is 0 Å². The van der Waals surface area contributed by atoms with E-state index in [0.29, 0.717) is 19.0 Å². The molecular formula is C18H23N3O4. The number of nitrogens with one attached hydrogen (secondary N) is 1. The van der Waals surface area contributed by atoms with Gasteiger partial charge in [0.25, 0.3) is 0 Å². The van der Waals surface area contributed by atoms with Gasteiger partial charge in [0, 0.05) is 37.4 Å². The van der Waals surface area contributed by atoms with Crippen molar-refractivity contribution in [2.45, 2.75) is 38.3 Å². The summed E-state index contributed by atoms with van der Waals surface area (Å²) < 4.78 is 10.7. The zero-order valence-corrected chi connectivity index (χ0v) is 14.4. The average molecular weight is 345 g/mol. The van der Waals surface area contributed by atoms with Gasteiger partial charge in [-0.15, -0.1) is 0 Å². The second kappa shape index (κ2) is 6.55. The summed E-state index contributed by atoms with van der Waals surface area (Å²) in [6, 6.07) is 5.97. The van der Waals surface area contributed by atoms with Gasteiger partial charge in [-0.2, -0.15) is 0 Å². The minimum Gasteiger partial charge on any atom is -0.454 e. The summed E-state index contributed by atoms with van der Waals surface area (Å²) in [6.07, 6.45) is 2.21. The van der Waals surface area contributed by atoms with Crippen LogP contribution in [0.5, 0.6) is 11.5 Å². The zero-order valence-electron chi connectivity index (χ0n) is 14.4. The molecule has 7 nitrogen and oxygen atoms in total. The number of ether oxygens (including phenoxy) is 2. The number of imide groups is 1. The smallest absolute Gasteiger partial charge is 0.247 e. The molecule has 0 bridgehead atoms. The molecule has 0 radical (unpaired) electrons. The first kappa shape index (κ1) is 16.2. The number of fused-ring (bicyclic) bond motifs is 1. The van der Waals surface area contributed by atoms with E-state index in [1.165, 1.54) is 4.90 Å². The predicted octanol–water partition coefficient (Wildman–Crippen LogP) is 1.44. The normalized spacial score (nSPS) is 24.2. The minimum absolute atomic E-state index is 0.0327. The first-order chi connectivity index (χ1) is 12.2. The number of likely N-dealkylation sites (tertiary alicyclic amines) is 2. The summed E-state index contributed by atoms with van der Waals surface area (Å²) in [5.41, 5.74) is 1.02. The molecule has 3 aliphatic rings. The Morgan fingerprint density at radius 2 is 1.92 bits per heavy atom. The Morgan fingerprint density at radius 1 is 1.16 bits per heavy atom. The molecule has 1 aromatic rings. The molecule has 2 amide bonds. The molecule has 4 rings (SSSR count). The van der Waals surface area contributed by atoms with Crippen LogP contribution in [0.4, 0.5) is 5.69 Å². The van der Waals surface area contributed by atoms with Gasteiger partial charge in [-0.05, 0) is 31.9 Å². The third kappa shape index (κ3) is 3.04. The molecule has 1 N–H and O–H groups in total. The minimum atomic E-state index is -0.265. The topological polar surface area (TPSA) is 71.1 Å². The van der Waals surface area contributed by atoms with E-state index >= 15 is 0 Å². The summed E-state index contributed by atoms with van der Waals surface area (Å²) in [6.45, 7) is 4.24. The van der Waals surface area contributed by atoms with Gasteiger partial charge in [-0.3, -0.25) is 19.4 Å². The fourth-order valence-corrected chi connectivity index (χ4v) is 3.86. The first-order valence-electron chi connectivity index (χ1n) is 8.90. The standard InChI is InChI=1S/C18H23N3O4/c1-2-21-17(22)10-14(18(21)23)20-7-5-12(6-8-20)19-13-3-4-15-16(9-13)25-11-24-15/h3-4,9,12,14,19H,2,5-8,10-11H2,1H3. The number of hydrogen-bond acceptors (Lipinski definition) is 6. The van der Waals surface area contributed by atoms with Crippen molar-refractivity contribution in [3.05, 3.63) is 18.2 Å². The number of nitrogens with zero attached hydrogens (tertiary/aromatic N) is 2. The quantitative estimate of drug-likeness (QED) is 0.833. The van der Waals surface area contributed by atoms with Gasteiger partial charge in [0.2, 0.25) is 18.6 Å². The van der Waals surface area contributed by atoms with Crippen molar-refractivity contribution >= 4 is 17.5 Å². The van der Waals surface area contributed by atoms with E-state index in [9.17, 15) is 9.59 Å². The van der Waals surface area contributed by atoms with Crippen molar-refractivity contribution in [3.8, 4) is 11.5 Å². The van der Waals surface area contributed by atoms with Gasteiger partial charge >= 0.3 is 0 Å². The number of anilines is 1. The molecule has 7 heteroatoms. The largest absolute Gasteiger partial charge is 0.454 e. The summed E-state index contributed by atoms with van der Waals surface area (Å²) in [5.74, 6) is 1.48. The summed E-state index contributed by atoms with van der Waals surface area (Å²) in [5, 5.41) is 3.54. The lowest BCUT2D eigenvalue weighted by Gasteiger charge is -2.35. The molecule has 134 valence electrons. The van der Waals surface area contributed by atoms with Crippen LogP contribution in [0.25, 0.3) is 0 Å². The molecule has 0 aliphatic carbocycles. The van der Waals surface area contributed by atoms with Gasteiger partial charge < -0.3 is 14.8 Å². The third-order valence-corrected chi connectivity index (χ3v) is 5.25. The molecule has 1 unspecified atom stereocenters. The lowest BCUT2D eigenvalue weighted by atomic mass is 10.0. The van der Waals surface area contributed by atoms with E-state index in [2.05, 4.69) is 10.2 Å². The van der Waals surface area contributed by atoms with Crippen LogP contribution in [0, 0.1) is 0 Å². The van der Waals surface area contributed by atoms with Gasteiger partial charge in [0.05, 0.1) is 12.5 Å². The zero-order chi connectivity index (χ0) is 17.4. The number of carbonyl (C=O) groups excluding carboxylic acids is 2. The molecule has 1 atom stereocenters.